The molecule has 0 saturated heterocycles. The lowest BCUT2D eigenvalue weighted by Gasteiger charge is -2.57. The minimum atomic E-state index is 0.0312. The average molecular weight is 248 g/mol. The lowest BCUT2D eigenvalue weighted by molar-refractivity contribution is -0.0829. The number of hydrogen-bond acceptors (Lipinski definition) is 1. The van der Waals surface area contributed by atoms with Crippen molar-refractivity contribution < 1.29 is 5.11 Å². The van der Waals surface area contributed by atoms with Gasteiger partial charge in [-0.3, -0.25) is 0 Å². The molecule has 1 N–H and O–H groups in total. The summed E-state index contributed by atoms with van der Waals surface area (Å²) >= 11 is 0. The summed E-state index contributed by atoms with van der Waals surface area (Å²) in [6.07, 6.45) is 15.5. The first kappa shape index (κ1) is 11.8. The second-order valence-corrected chi connectivity index (χ2v) is 8.23. The third-order valence-electron chi connectivity index (χ3n) is 6.75. The standard InChI is InChI=1S/C17H28O/c18-16(15-3-1-2-4-15)11-17-8-12-5-13(9-17)7-14(6-12)10-17/h12-16,18H,1-11H2. The minimum absolute atomic E-state index is 0.0312. The average Bonchev–Trinajstić information content (AvgIpc) is 2.79. The van der Waals surface area contributed by atoms with Crippen LogP contribution in [0.25, 0.3) is 0 Å². The quantitative estimate of drug-likeness (QED) is 0.795. The SMILES string of the molecule is OC(CC12CC3CC(CC(C3)C1)C2)C1CCCC1. The van der Waals surface area contributed by atoms with Crippen molar-refractivity contribution in [2.24, 2.45) is 29.1 Å². The lowest BCUT2D eigenvalue weighted by Crippen LogP contribution is -2.47. The van der Waals surface area contributed by atoms with E-state index < -0.39 is 0 Å². The van der Waals surface area contributed by atoms with E-state index in [2.05, 4.69) is 0 Å². The molecule has 0 aromatic heterocycles. The van der Waals surface area contributed by atoms with Crippen LogP contribution in [0.3, 0.4) is 0 Å². The molecule has 1 atom stereocenters. The van der Waals surface area contributed by atoms with E-state index in [0.29, 0.717) is 11.3 Å². The Bertz CT molecular complexity index is 280. The van der Waals surface area contributed by atoms with Gasteiger partial charge in [0, 0.05) is 0 Å². The van der Waals surface area contributed by atoms with Crippen LogP contribution in [-0.4, -0.2) is 11.2 Å². The van der Waals surface area contributed by atoms with Crippen molar-refractivity contribution in [2.45, 2.75) is 76.7 Å². The first-order valence-corrected chi connectivity index (χ1v) is 8.40. The molecule has 0 aromatic rings. The van der Waals surface area contributed by atoms with Crippen LogP contribution in [-0.2, 0) is 0 Å². The first-order valence-electron chi connectivity index (χ1n) is 8.40. The smallest absolute Gasteiger partial charge is 0.0573 e. The van der Waals surface area contributed by atoms with Gasteiger partial charge in [0.2, 0.25) is 0 Å². The van der Waals surface area contributed by atoms with Crippen LogP contribution < -0.4 is 0 Å². The second-order valence-electron chi connectivity index (χ2n) is 8.23. The van der Waals surface area contributed by atoms with Gasteiger partial charge in [-0.2, -0.15) is 0 Å². The van der Waals surface area contributed by atoms with E-state index in [0.717, 1.165) is 24.2 Å². The van der Waals surface area contributed by atoms with Crippen molar-refractivity contribution in [1.82, 2.24) is 0 Å². The maximum absolute atomic E-state index is 10.6. The molecule has 102 valence electrons. The molecule has 1 nitrogen and oxygen atoms in total. The van der Waals surface area contributed by atoms with Gasteiger partial charge in [0.15, 0.2) is 0 Å². The summed E-state index contributed by atoms with van der Waals surface area (Å²) in [5, 5.41) is 10.6. The van der Waals surface area contributed by atoms with Crippen LogP contribution in [0.5, 0.6) is 0 Å². The fourth-order valence-corrected chi connectivity index (χ4v) is 6.49. The van der Waals surface area contributed by atoms with Crippen LogP contribution in [0.15, 0.2) is 0 Å². The third-order valence-corrected chi connectivity index (χ3v) is 6.75. The van der Waals surface area contributed by atoms with Crippen LogP contribution in [0.1, 0.15) is 70.6 Å². The molecule has 0 radical (unpaired) electrons. The molecule has 1 unspecified atom stereocenters. The van der Waals surface area contributed by atoms with Gasteiger partial charge in [-0.05, 0) is 86.9 Å². The van der Waals surface area contributed by atoms with Crippen LogP contribution in [0.2, 0.25) is 0 Å². The Morgan fingerprint density at radius 2 is 1.39 bits per heavy atom. The predicted octanol–water partition coefficient (Wildman–Crippen LogP) is 4.14. The van der Waals surface area contributed by atoms with E-state index >= 15 is 0 Å². The highest BCUT2D eigenvalue weighted by molar-refractivity contribution is 5.02. The van der Waals surface area contributed by atoms with Gasteiger partial charge in [-0.15, -0.1) is 0 Å². The Morgan fingerprint density at radius 1 is 0.889 bits per heavy atom. The number of hydrogen-bond donors (Lipinski definition) is 1. The maximum atomic E-state index is 10.6. The maximum Gasteiger partial charge on any atom is 0.0573 e. The normalized spacial score (nSPS) is 48.8. The van der Waals surface area contributed by atoms with Crippen LogP contribution in [0, 0.1) is 29.1 Å². The Hall–Kier alpha value is -0.0400. The molecule has 4 bridgehead atoms. The Kier molecular flexibility index (Phi) is 2.76. The summed E-state index contributed by atoms with van der Waals surface area (Å²) in [6, 6.07) is 0. The molecule has 0 aromatic carbocycles. The van der Waals surface area contributed by atoms with E-state index in [-0.39, 0.29) is 6.10 Å². The van der Waals surface area contributed by atoms with Gasteiger partial charge in [-0.1, -0.05) is 12.8 Å². The monoisotopic (exact) mass is 248 g/mol. The zero-order chi connectivity index (χ0) is 12.2. The van der Waals surface area contributed by atoms with E-state index in [1.54, 1.807) is 0 Å². The van der Waals surface area contributed by atoms with Gasteiger partial charge in [0.1, 0.15) is 0 Å². The van der Waals surface area contributed by atoms with Crippen molar-refractivity contribution >= 4 is 0 Å². The molecule has 5 aliphatic carbocycles. The van der Waals surface area contributed by atoms with Gasteiger partial charge < -0.3 is 5.11 Å². The molecule has 0 heterocycles. The zero-order valence-corrected chi connectivity index (χ0v) is 11.6. The molecule has 5 aliphatic rings. The summed E-state index contributed by atoms with van der Waals surface area (Å²) in [4.78, 5) is 0. The molecule has 1 heteroatoms. The molecule has 5 saturated carbocycles. The Labute approximate surface area is 111 Å². The predicted molar refractivity (Wildman–Crippen MR) is 73.2 cm³/mol. The van der Waals surface area contributed by atoms with Gasteiger partial charge in [0.05, 0.1) is 6.10 Å². The minimum Gasteiger partial charge on any atom is -0.393 e. The summed E-state index contributed by atoms with van der Waals surface area (Å²) in [5.41, 5.74) is 0.580. The van der Waals surface area contributed by atoms with E-state index in [4.69, 9.17) is 0 Å². The van der Waals surface area contributed by atoms with Crippen molar-refractivity contribution in [2.75, 3.05) is 0 Å². The van der Waals surface area contributed by atoms with E-state index in [1.165, 1.54) is 64.2 Å². The molecule has 18 heavy (non-hydrogen) atoms. The summed E-state index contributed by atoms with van der Waals surface area (Å²) < 4.78 is 0. The molecule has 5 rings (SSSR count). The lowest BCUT2D eigenvalue weighted by atomic mass is 9.48. The molecule has 0 spiro atoms. The van der Waals surface area contributed by atoms with Crippen LogP contribution >= 0.6 is 0 Å². The molecule has 0 aliphatic heterocycles. The highest BCUT2D eigenvalue weighted by Gasteiger charge is 2.51. The van der Waals surface area contributed by atoms with Crippen molar-refractivity contribution in [3.63, 3.8) is 0 Å². The fourth-order valence-electron chi connectivity index (χ4n) is 6.49. The van der Waals surface area contributed by atoms with Crippen LogP contribution in [0.4, 0.5) is 0 Å². The summed E-state index contributed by atoms with van der Waals surface area (Å²) in [6.45, 7) is 0. The largest absolute Gasteiger partial charge is 0.393 e. The Balaban J connectivity index is 1.46. The Morgan fingerprint density at radius 3 is 1.89 bits per heavy atom. The van der Waals surface area contributed by atoms with Gasteiger partial charge in [0.25, 0.3) is 0 Å². The van der Waals surface area contributed by atoms with Gasteiger partial charge >= 0.3 is 0 Å². The molecular weight excluding hydrogens is 220 g/mol. The zero-order valence-electron chi connectivity index (χ0n) is 11.6. The van der Waals surface area contributed by atoms with E-state index in [9.17, 15) is 5.11 Å². The number of aliphatic hydroxyl groups excluding tert-OH is 1. The highest BCUT2D eigenvalue weighted by Crippen LogP contribution is 2.62. The second kappa shape index (κ2) is 4.23. The first-order chi connectivity index (χ1) is 8.72. The molecule has 5 fully saturated rings. The van der Waals surface area contributed by atoms with Gasteiger partial charge in [-0.25, -0.2) is 0 Å². The highest BCUT2D eigenvalue weighted by atomic mass is 16.3. The number of aliphatic hydroxyl groups is 1. The van der Waals surface area contributed by atoms with Crippen molar-refractivity contribution in [3.8, 4) is 0 Å². The topological polar surface area (TPSA) is 20.2 Å². The number of rotatable bonds is 3. The van der Waals surface area contributed by atoms with Crippen molar-refractivity contribution in [1.29, 1.82) is 0 Å². The summed E-state index contributed by atoms with van der Waals surface area (Å²) in [7, 11) is 0. The third kappa shape index (κ3) is 1.94. The fraction of sp³-hybridized carbons (Fsp3) is 1.00. The van der Waals surface area contributed by atoms with E-state index in [1.807, 2.05) is 0 Å². The molecule has 0 amide bonds. The summed E-state index contributed by atoms with van der Waals surface area (Å²) in [5.74, 6) is 3.75. The van der Waals surface area contributed by atoms with Crippen molar-refractivity contribution in [3.05, 3.63) is 0 Å². The molecular formula is C17H28O.